The molecule has 0 saturated heterocycles. The Balaban J connectivity index is 2.83. The van der Waals surface area contributed by atoms with Crippen molar-refractivity contribution in [1.29, 1.82) is 0 Å². The smallest absolute Gasteiger partial charge is 0.217 e. The van der Waals surface area contributed by atoms with Gasteiger partial charge in [0.1, 0.15) is 5.75 Å². The van der Waals surface area contributed by atoms with Crippen LogP contribution in [0.4, 0.5) is 0 Å². The molecule has 0 aliphatic carbocycles. The quantitative estimate of drug-likeness (QED) is 0.852. The Morgan fingerprint density at radius 2 is 1.88 bits per heavy atom. The molecular formula is C14H21NO2. The van der Waals surface area contributed by atoms with E-state index in [1.165, 1.54) is 0 Å². The summed E-state index contributed by atoms with van der Waals surface area (Å²) in [5.41, 5.74) is 1.12. The van der Waals surface area contributed by atoms with Gasteiger partial charge < -0.3 is 10.1 Å². The highest BCUT2D eigenvalue weighted by Crippen LogP contribution is 2.23. The van der Waals surface area contributed by atoms with Gasteiger partial charge in [0.2, 0.25) is 5.91 Å². The number of nitrogens with one attached hydrogen (secondary N) is 1. The van der Waals surface area contributed by atoms with Crippen LogP contribution < -0.4 is 10.1 Å². The van der Waals surface area contributed by atoms with Crippen LogP contribution in [0.25, 0.3) is 0 Å². The lowest BCUT2D eigenvalue weighted by Crippen LogP contribution is -2.27. The molecule has 0 fully saturated rings. The van der Waals surface area contributed by atoms with Gasteiger partial charge in [0.15, 0.2) is 0 Å². The number of hydrogen-bond donors (Lipinski definition) is 1. The first kappa shape index (κ1) is 13.6. The number of ether oxygens (including phenoxy) is 1. The molecular weight excluding hydrogens is 214 g/mol. The minimum Gasteiger partial charge on any atom is -0.497 e. The first-order valence-electron chi connectivity index (χ1n) is 5.94. The molecule has 0 spiro atoms. The number of carbonyl (C=O) groups is 1. The predicted octanol–water partition coefficient (Wildman–Crippen LogP) is 2.92. The zero-order valence-corrected chi connectivity index (χ0v) is 11.0. The zero-order chi connectivity index (χ0) is 12.8. The van der Waals surface area contributed by atoms with Gasteiger partial charge >= 0.3 is 0 Å². The molecule has 0 heterocycles. The summed E-state index contributed by atoms with van der Waals surface area (Å²) in [6, 6.07) is 7.93. The standard InChI is InChI=1S/C14H21NO2/c1-10(2)9-14(15-11(3)16)12-5-7-13(17-4)8-6-12/h5-8,10,14H,9H2,1-4H3,(H,15,16)/t14-/m1/s1. The van der Waals surface area contributed by atoms with Gasteiger partial charge in [-0.15, -0.1) is 0 Å². The molecule has 3 nitrogen and oxygen atoms in total. The summed E-state index contributed by atoms with van der Waals surface area (Å²) in [7, 11) is 1.65. The van der Waals surface area contributed by atoms with E-state index < -0.39 is 0 Å². The number of hydrogen-bond acceptors (Lipinski definition) is 2. The largest absolute Gasteiger partial charge is 0.497 e. The van der Waals surface area contributed by atoms with E-state index in [2.05, 4.69) is 19.2 Å². The molecule has 0 aromatic heterocycles. The highest BCUT2D eigenvalue weighted by atomic mass is 16.5. The molecule has 0 saturated carbocycles. The third-order valence-corrected chi connectivity index (χ3v) is 2.60. The van der Waals surface area contributed by atoms with Crippen molar-refractivity contribution in [3.05, 3.63) is 29.8 Å². The second-order valence-electron chi connectivity index (χ2n) is 4.66. The maximum atomic E-state index is 11.2. The summed E-state index contributed by atoms with van der Waals surface area (Å²) in [4.78, 5) is 11.2. The Labute approximate surface area is 103 Å². The lowest BCUT2D eigenvalue weighted by Gasteiger charge is -2.20. The first-order valence-corrected chi connectivity index (χ1v) is 5.94. The topological polar surface area (TPSA) is 38.3 Å². The Kier molecular flexibility index (Phi) is 5.01. The van der Waals surface area contributed by atoms with Crippen LogP contribution in [0, 0.1) is 5.92 Å². The maximum absolute atomic E-state index is 11.2. The molecule has 1 aromatic carbocycles. The number of rotatable bonds is 5. The van der Waals surface area contributed by atoms with Crippen molar-refractivity contribution < 1.29 is 9.53 Å². The van der Waals surface area contributed by atoms with Crippen LogP contribution in [0.5, 0.6) is 5.75 Å². The second kappa shape index (κ2) is 6.28. The van der Waals surface area contributed by atoms with Gasteiger partial charge in [0.25, 0.3) is 0 Å². The Bertz CT molecular complexity index is 357. The van der Waals surface area contributed by atoms with Gasteiger partial charge in [-0.05, 0) is 30.0 Å². The lowest BCUT2D eigenvalue weighted by atomic mass is 9.97. The summed E-state index contributed by atoms with van der Waals surface area (Å²) in [6.45, 7) is 5.85. The summed E-state index contributed by atoms with van der Waals surface area (Å²) in [6.07, 6.45) is 0.936. The van der Waals surface area contributed by atoms with Gasteiger partial charge in [0, 0.05) is 6.92 Å². The highest BCUT2D eigenvalue weighted by molar-refractivity contribution is 5.73. The van der Waals surface area contributed by atoms with E-state index in [0.717, 1.165) is 17.7 Å². The molecule has 1 atom stereocenters. The Hall–Kier alpha value is -1.51. The van der Waals surface area contributed by atoms with Crippen LogP contribution in [0.1, 0.15) is 38.8 Å². The summed E-state index contributed by atoms with van der Waals surface area (Å²) in [5, 5.41) is 2.99. The van der Waals surface area contributed by atoms with E-state index in [1.54, 1.807) is 14.0 Å². The van der Waals surface area contributed by atoms with Gasteiger partial charge in [-0.3, -0.25) is 4.79 Å². The fourth-order valence-corrected chi connectivity index (χ4v) is 1.83. The van der Waals surface area contributed by atoms with Crippen LogP contribution in [0.15, 0.2) is 24.3 Å². The molecule has 0 unspecified atom stereocenters. The van der Waals surface area contributed by atoms with E-state index in [-0.39, 0.29) is 11.9 Å². The van der Waals surface area contributed by atoms with Gasteiger partial charge in [-0.2, -0.15) is 0 Å². The first-order chi connectivity index (χ1) is 8.02. The fraction of sp³-hybridized carbons (Fsp3) is 0.500. The zero-order valence-electron chi connectivity index (χ0n) is 11.0. The molecule has 1 N–H and O–H groups in total. The van der Waals surface area contributed by atoms with E-state index in [0.29, 0.717) is 5.92 Å². The van der Waals surface area contributed by atoms with Crippen LogP contribution in [-0.2, 0) is 4.79 Å². The van der Waals surface area contributed by atoms with Crippen molar-refractivity contribution in [2.45, 2.75) is 33.2 Å². The van der Waals surface area contributed by atoms with E-state index >= 15 is 0 Å². The molecule has 1 aromatic rings. The number of methoxy groups -OCH3 is 1. The van der Waals surface area contributed by atoms with Gasteiger partial charge in [-0.25, -0.2) is 0 Å². The molecule has 17 heavy (non-hydrogen) atoms. The average Bonchev–Trinajstić information content (AvgIpc) is 2.27. The van der Waals surface area contributed by atoms with Crippen LogP contribution in [0.2, 0.25) is 0 Å². The van der Waals surface area contributed by atoms with E-state index in [1.807, 2.05) is 24.3 Å². The molecule has 94 valence electrons. The summed E-state index contributed by atoms with van der Waals surface area (Å²) < 4.78 is 5.12. The summed E-state index contributed by atoms with van der Waals surface area (Å²) in [5.74, 6) is 1.38. The highest BCUT2D eigenvalue weighted by Gasteiger charge is 2.14. The minimum atomic E-state index is 0.00599. The third-order valence-electron chi connectivity index (χ3n) is 2.60. The molecule has 1 rings (SSSR count). The fourth-order valence-electron chi connectivity index (χ4n) is 1.83. The maximum Gasteiger partial charge on any atom is 0.217 e. The van der Waals surface area contributed by atoms with Crippen molar-refractivity contribution in [2.75, 3.05) is 7.11 Å². The number of benzene rings is 1. The molecule has 1 amide bonds. The molecule has 0 aliphatic rings. The van der Waals surface area contributed by atoms with Gasteiger partial charge in [-0.1, -0.05) is 26.0 Å². The molecule has 0 aliphatic heterocycles. The van der Waals surface area contributed by atoms with Crippen molar-refractivity contribution in [3.8, 4) is 5.75 Å². The Morgan fingerprint density at radius 1 is 1.29 bits per heavy atom. The third kappa shape index (κ3) is 4.47. The lowest BCUT2D eigenvalue weighted by molar-refractivity contribution is -0.119. The minimum absolute atomic E-state index is 0.00599. The van der Waals surface area contributed by atoms with Crippen LogP contribution >= 0.6 is 0 Å². The number of carbonyl (C=O) groups excluding carboxylic acids is 1. The van der Waals surface area contributed by atoms with E-state index in [9.17, 15) is 4.79 Å². The molecule has 0 bridgehead atoms. The second-order valence-corrected chi connectivity index (χ2v) is 4.66. The normalized spacial score (nSPS) is 12.3. The van der Waals surface area contributed by atoms with Crippen molar-refractivity contribution in [3.63, 3.8) is 0 Å². The molecule has 3 heteroatoms. The van der Waals surface area contributed by atoms with Crippen LogP contribution in [0.3, 0.4) is 0 Å². The number of amides is 1. The predicted molar refractivity (Wildman–Crippen MR) is 69.0 cm³/mol. The Morgan fingerprint density at radius 3 is 2.29 bits per heavy atom. The SMILES string of the molecule is COc1ccc([C@@H](CC(C)C)NC(C)=O)cc1. The molecule has 0 radical (unpaired) electrons. The monoisotopic (exact) mass is 235 g/mol. The van der Waals surface area contributed by atoms with E-state index in [4.69, 9.17) is 4.74 Å². The van der Waals surface area contributed by atoms with Crippen molar-refractivity contribution in [2.24, 2.45) is 5.92 Å². The average molecular weight is 235 g/mol. The van der Waals surface area contributed by atoms with Crippen molar-refractivity contribution >= 4 is 5.91 Å². The van der Waals surface area contributed by atoms with Crippen molar-refractivity contribution in [1.82, 2.24) is 5.32 Å². The van der Waals surface area contributed by atoms with Crippen LogP contribution in [-0.4, -0.2) is 13.0 Å². The van der Waals surface area contributed by atoms with Gasteiger partial charge in [0.05, 0.1) is 13.2 Å². The summed E-state index contributed by atoms with van der Waals surface area (Å²) >= 11 is 0.